The zero-order chi connectivity index (χ0) is 12.1. The smallest absolute Gasteiger partial charge is 0.263 e. The van der Waals surface area contributed by atoms with Gasteiger partial charge in [0.25, 0.3) is 6.43 Å². The van der Waals surface area contributed by atoms with Crippen molar-refractivity contribution in [3.05, 3.63) is 53.3 Å². The molecule has 0 aliphatic rings. The predicted octanol–water partition coefficient (Wildman–Crippen LogP) is 2.64. The van der Waals surface area contributed by atoms with Gasteiger partial charge in [0.05, 0.1) is 0 Å². The molecule has 5 heteroatoms. The third-order valence-corrected chi connectivity index (χ3v) is 2.43. The third kappa shape index (κ3) is 3.35. The van der Waals surface area contributed by atoms with E-state index in [0.29, 0.717) is 13.1 Å². The predicted molar refractivity (Wildman–Crippen MR) is 60.5 cm³/mol. The van der Waals surface area contributed by atoms with Crippen molar-refractivity contribution < 1.29 is 8.78 Å². The molecule has 0 saturated heterocycles. The molecule has 1 aromatic heterocycles. The minimum absolute atomic E-state index is 0.0577. The van der Waals surface area contributed by atoms with E-state index in [9.17, 15) is 8.78 Å². The molecule has 1 aromatic carbocycles. The van der Waals surface area contributed by atoms with E-state index < -0.39 is 6.43 Å². The Bertz CT molecular complexity index is 437. The SMILES string of the molecule is FC(F)c1ccc(CNCc2ccn[nH]2)cc1. The van der Waals surface area contributed by atoms with Gasteiger partial charge in [0.1, 0.15) is 0 Å². The van der Waals surface area contributed by atoms with E-state index in [1.165, 1.54) is 12.1 Å². The summed E-state index contributed by atoms with van der Waals surface area (Å²) in [5.41, 5.74) is 2.03. The van der Waals surface area contributed by atoms with Crippen LogP contribution in [-0.2, 0) is 13.1 Å². The number of hydrogen-bond donors (Lipinski definition) is 2. The van der Waals surface area contributed by atoms with Crippen molar-refractivity contribution >= 4 is 0 Å². The molecule has 0 fully saturated rings. The Morgan fingerprint density at radius 2 is 1.88 bits per heavy atom. The first-order valence-electron chi connectivity index (χ1n) is 5.31. The van der Waals surface area contributed by atoms with Gasteiger partial charge in [0.2, 0.25) is 0 Å². The standard InChI is InChI=1S/C12H13F2N3/c13-12(14)10-3-1-9(2-4-10)7-15-8-11-5-6-16-17-11/h1-6,12,15H,7-8H2,(H,16,17). The molecule has 0 spiro atoms. The molecule has 0 aliphatic heterocycles. The Balaban J connectivity index is 1.83. The molecule has 0 amide bonds. The fraction of sp³-hybridized carbons (Fsp3) is 0.250. The molecule has 1 heterocycles. The van der Waals surface area contributed by atoms with Gasteiger partial charge in [0.15, 0.2) is 0 Å². The van der Waals surface area contributed by atoms with Crippen LogP contribution < -0.4 is 5.32 Å². The lowest BCUT2D eigenvalue weighted by Crippen LogP contribution is -2.12. The number of H-pyrrole nitrogens is 1. The number of nitrogens with one attached hydrogen (secondary N) is 2. The maximum absolute atomic E-state index is 12.3. The monoisotopic (exact) mass is 237 g/mol. The summed E-state index contributed by atoms with van der Waals surface area (Å²) in [5.74, 6) is 0. The van der Waals surface area contributed by atoms with E-state index in [0.717, 1.165) is 11.3 Å². The molecule has 0 radical (unpaired) electrons. The van der Waals surface area contributed by atoms with Crippen LogP contribution in [0.25, 0.3) is 0 Å². The van der Waals surface area contributed by atoms with Gasteiger partial charge in [-0.3, -0.25) is 5.10 Å². The fourth-order valence-corrected chi connectivity index (χ4v) is 1.51. The van der Waals surface area contributed by atoms with Gasteiger partial charge in [-0.1, -0.05) is 24.3 Å². The number of nitrogens with zero attached hydrogens (tertiary/aromatic N) is 1. The van der Waals surface area contributed by atoms with E-state index in [2.05, 4.69) is 15.5 Å². The maximum atomic E-state index is 12.3. The number of alkyl halides is 2. The lowest BCUT2D eigenvalue weighted by molar-refractivity contribution is 0.151. The molecule has 2 aromatic rings. The summed E-state index contributed by atoms with van der Waals surface area (Å²) in [6.07, 6.45) is -0.712. The molecule has 0 aliphatic carbocycles. The summed E-state index contributed by atoms with van der Waals surface area (Å²) in [7, 11) is 0. The number of aromatic amines is 1. The molecule has 0 bridgehead atoms. The highest BCUT2D eigenvalue weighted by Crippen LogP contribution is 2.18. The molecule has 2 N–H and O–H groups in total. The Kier molecular flexibility index (Phi) is 3.82. The highest BCUT2D eigenvalue weighted by atomic mass is 19.3. The summed E-state index contributed by atoms with van der Waals surface area (Å²) < 4.78 is 24.6. The average Bonchev–Trinajstić information content (AvgIpc) is 2.83. The second-order valence-electron chi connectivity index (χ2n) is 3.73. The molecular formula is C12H13F2N3. The van der Waals surface area contributed by atoms with Crippen LogP contribution in [-0.4, -0.2) is 10.2 Å². The first kappa shape index (κ1) is 11.7. The lowest BCUT2D eigenvalue weighted by Gasteiger charge is -2.05. The maximum Gasteiger partial charge on any atom is 0.263 e. The summed E-state index contributed by atoms with van der Waals surface area (Å²) in [6, 6.07) is 8.21. The quantitative estimate of drug-likeness (QED) is 0.839. The van der Waals surface area contributed by atoms with Crippen molar-refractivity contribution in [3.63, 3.8) is 0 Å². The van der Waals surface area contributed by atoms with Crippen molar-refractivity contribution in [2.45, 2.75) is 19.5 Å². The average molecular weight is 237 g/mol. The number of halogens is 2. The zero-order valence-corrected chi connectivity index (χ0v) is 9.16. The Labute approximate surface area is 97.9 Å². The van der Waals surface area contributed by atoms with Gasteiger partial charge in [-0.25, -0.2) is 8.78 Å². The van der Waals surface area contributed by atoms with Crippen LogP contribution in [0.4, 0.5) is 8.78 Å². The Hall–Kier alpha value is -1.75. The molecule has 2 rings (SSSR count). The normalized spacial score (nSPS) is 11.0. The minimum atomic E-state index is -2.40. The van der Waals surface area contributed by atoms with Crippen LogP contribution >= 0.6 is 0 Å². The number of rotatable bonds is 5. The van der Waals surface area contributed by atoms with Gasteiger partial charge in [-0.15, -0.1) is 0 Å². The molecule has 17 heavy (non-hydrogen) atoms. The van der Waals surface area contributed by atoms with Crippen molar-refractivity contribution in [1.82, 2.24) is 15.5 Å². The largest absolute Gasteiger partial charge is 0.307 e. The molecule has 0 saturated carbocycles. The summed E-state index contributed by atoms with van der Waals surface area (Å²) in [6.45, 7) is 1.32. The minimum Gasteiger partial charge on any atom is -0.307 e. The molecule has 0 unspecified atom stereocenters. The van der Waals surface area contributed by atoms with Crippen LogP contribution in [0.15, 0.2) is 36.5 Å². The van der Waals surface area contributed by atoms with Crippen molar-refractivity contribution in [3.8, 4) is 0 Å². The van der Waals surface area contributed by atoms with Gasteiger partial charge in [-0.05, 0) is 11.6 Å². The number of aromatic nitrogens is 2. The van der Waals surface area contributed by atoms with E-state index in [4.69, 9.17) is 0 Å². The third-order valence-electron chi connectivity index (χ3n) is 2.43. The van der Waals surface area contributed by atoms with Crippen LogP contribution in [0.5, 0.6) is 0 Å². The van der Waals surface area contributed by atoms with Crippen LogP contribution in [0, 0.1) is 0 Å². The Morgan fingerprint density at radius 3 is 2.47 bits per heavy atom. The van der Waals surface area contributed by atoms with E-state index in [1.54, 1.807) is 18.3 Å². The highest BCUT2D eigenvalue weighted by Gasteiger charge is 2.05. The van der Waals surface area contributed by atoms with Crippen LogP contribution in [0.2, 0.25) is 0 Å². The second-order valence-corrected chi connectivity index (χ2v) is 3.73. The van der Waals surface area contributed by atoms with Gasteiger partial charge in [0, 0.05) is 30.5 Å². The van der Waals surface area contributed by atoms with E-state index in [-0.39, 0.29) is 5.56 Å². The summed E-state index contributed by atoms with van der Waals surface area (Å²) in [4.78, 5) is 0. The molecule has 0 atom stereocenters. The lowest BCUT2D eigenvalue weighted by atomic mass is 10.1. The van der Waals surface area contributed by atoms with Crippen LogP contribution in [0.1, 0.15) is 23.2 Å². The van der Waals surface area contributed by atoms with Gasteiger partial charge >= 0.3 is 0 Å². The highest BCUT2D eigenvalue weighted by molar-refractivity contribution is 5.23. The van der Waals surface area contributed by atoms with Crippen molar-refractivity contribution in [1.29, 1.82) is 0 Å². The Morgan fingerprint density at radius 1 is 1.12 bits per heavy atom. The molecular weight excluding hydrogens is 224 g/mol. The van der Waals surface area contributed by atoms with Crippen LogP contribution in [0.3, 0.4) is 0 Å². The topological polar surface area (TPSA) is 40.7 Å². The zero-order valence-electron chi connectivity index (χ0n) is 9.16. The number of hydrogen-bond acceptors (Lipinski definition) is 2. The molecule has 3 nitrogen and oxygen atoms in total. The summed E-state index contributed by atoms with van der Waals surface area (Å²) in [5, 5.41) is 9.86. The molecule has 90 valence electrons. The second kappa shape index (κ2) is 5.54. The van der Waals surface area contributed by atoms with Gasteiger partial charge in [-0.2, -0.15) is 5.10 Å². The number of benzene rings is 1. The van der Waals surface area contributed by atoms with Gasteiger partial charge < -0.3 is 5.32 Å². The van der Waals surface area contributed by atoms with Crippen molar-refractivity contribution in [2.24, 2.45) is 0 Å². The van der Waals surface area contributed by atoms with Crippen molar-refractivity contribution in [2.75, 3.05) is 0 Å². The van der Waals surface area contributed by atoms with E-state index in [1.807, 2.05) is 6.07 Å². The first-order chi connectivity index (χ1) is 8.25. The van der Waals surface area contributed by atoms with E-state index >= 15 is 0 Å². The first-order valence-corrected chi connectivity index (χ1v) is 5.31. The summed E-state index contributed by atoms with van der Waals surface area (Å²) >= 11 is 0. The fourth-order valence-electron chi connectivity index (χ4n) is 1.51.